The van der Waals surface area contributed by atoms with E-state index < -0.39 is 6.03 Å². The Labute approximate surface area is 77.9 Å². The number of rotatable bonds is 1. The standard InChI is InChI=1S/C9H15N3O/c1-6-3-7(2)5-8(4-6)11-12-9(10)13/h4,7H,3,5H2,1-2H3,(H3,10,12,13). The van der Waals surface area contributed by atoms with Gasteiger partial charge in [-0.1, -0.05) is 12.5 Å². The number of carbonyl (C=O) groups is 1. The number of hydrogen-bond donors (Lipinski definition) is 2. The van der Waals surface area contributed by atoms with Crippen LogP contribution in [0.3, 0.4) is 0 Å². The summed E-state index contributed by atoms with van der Waals surface area (Å²) in [6.07, 6.45) is 4.00. The van der Waals surface area contributed by atoms with Crippen molar-refractivity contribution in [3.8, 4) is 0 Å². The van der Waals surface area contributed by atoms with Gasteiger partial charge in [-0.15, -0.1) is 0 Å². The predicted octanol–water partition coefficient (Wildman–Crippen LogP) is 1.39. The van der Waals surface area contributed by atoms with Crippen LogP contribution in [-0.4, -0.2) is 11.7 Å². The monoisotopic (exact) mass is 181 g/mol. The van der Waals surface area contributed by atoms with Crippen molar-refractivity contribution in [2.24, 2.45) is 16.8 Å². The van der Waals surface area contributed by atoms with Gasteiger partial charge < -0.3 is 5.73 Å². The van der Waals surface area contributed by atoms with Crippen molar-refractivity contribution in [1.82, 2.24) is 5.43 Å². The molecule has 2 amide bonds. The minimum absolute atomic E-state index is 0.596. The molecule has 0 aromatic rings. The maximum absolute atomic E-state index is 10.4. The molecule has 72 valence electrons. The highest BCUT2D eigenvalue weighted by Gasteiger charge is 2.12. The number of nitrogens with two attached hydrogens (primary N) is 1. The first-order valence-electron chi connectivity index (χ1n) is 4.37. The number of primary amides is 1. The van der Waals surface area contributed by atoms with Crippen molar-refractivity contribution in [3.63, 3.8) is 0 Å². The molecule has 4 nitrogen and oxygen atoms in total. The van der Waals surface area contributed by atoms with E-state index in [-0.39, 0.29) is 0 Å². The number of hydrazone groups is 1. The molecule has 1 aliphatic carbocycles. The lowest BCUT2D eigenvalue weighted by molar-refractivity contribution is 0.249. The Balaban J connectivity index is 2.64. The molecular formula is C9H15N3O. The summed E-state index contributed by atoms with van der Waals surface area (Å²) in [6.45, 7) is 4.23. The van der Waals surface area contributed by atoms with E-state index in [4.69, 9.17) is 5.73 Å². The Kier molecular flexibility index (Phi) is 3.06. The van der Waals surface area contributed by atoms with Crippen molar-refractivity contribution in [2.75, 3.05) is 0 Å². The van der Waals surface area contributed by atoms with Crippen molar-refractivity contribution in [3.05, 3.63) is 11.6 Å². The second kappa shape index (κ2) is 4.07. The summed E-state index contributed by atoms with van der Waals surface area (Å²) in [4.78, 5) is 10.4. The second-order valence-electron chi connectivity index (χ2n) is 3.58. The Bertz CT molecular complexity index is 268. The van der Waals surface area contributed by atoms with E-state index in [1.54, 1.807) is 0 Å². The summed E-state index contributed by atoms with van der Waals surface area (Å²) in [5, 5.41) is 3.90. The molecule has 0 spiro atoms. The van der Waals surface area contributed by atoms with Gasteiger partial charge in [-0.3, -0.25) is 0 Å². The largest absolute Gasteiger partial charge is 0.350 e. The molecule has 0 aliphatic heterocycles. The molecule has 0 heterocycles. The van der Waals surface area contributed by atoms with Crippen LogP contribution >= 0.6 is 0 Å². The molecule has 1 unspecified atom stereocenters. The van der Waals surface area contributed by atoms with Crippen molar-refractivity contribution < 1.29 is 4.79 Å². The highest BCUT2D eigenvalue weighted by molar-refractivity contribution is 5.96. The van der Waals surface area contributed by atoms with E-state index in [1.807, 2.05) is 6.08 Å². The Hall–Kier alpha value is -1.32. The van der Waals surface area contributed by atoms with E-state index in [1.165, 1.54) is 5.57 Å². The molecule has 0 aromatic heterocycles. The van der Waals surface area contributed by atoms with Gasteiger partial charge in [0.15, 0.2) is 0 Å². The summed E-state index contributed by atoms with van der Waals surface area (Å²) in [5.74, 6) is 0.596. The molecule has 1 rings (SSSR count). The van der Waals surface area contributed by atoms with Gasteiger partial charge in [0.2, 0.25) is 0 Å². The number of nitrogens with zero attached hydrogens (tertiary/aromatic N) is 1. The van der Waals surface area contributed by atoms with E-state index in [0.717, 1.165) is 18.6 Å². The summed E-state index contributed by atoms with van der Waals surface area (Å²) in [5.41, 5.74) is 9.33. The molecular weight excluding hydrogens is 166 g/mol. The van der Waals surface area contributed by atoms with E-state index in [2.05, 4.69) is 24.4 Å². The van der Waals surface area contributed by atoms with Crippen LogP contribution in [0.15, 0.2) is 16.8 Å². The molecule has 0 aromatic carbocycles. The lowest BCUT2D eigenvalue weighted by Gasteiger charge is -2.17. The zero-order valence-corrected chi connectivity index (χ0v) is 8.00. The quantitative estimate of drug-likeness (QED) is 0.590. The highest BCUT2D eigenvalue weighted by atomic mass is 16.2. The first-order valence-corrected chi connectivity index (χ1v) is 4.37. The number of allylic oxidation sites excluding steroid dienone is 2. The van der Waals surface area contributed by atoms with Gasteiger partial charge in [0.1, 0.15) is 0 Å². The van der Waals surface area contributed by atoms with Crippen molar-refractivity contribution in [1.29, 1.82) is 0 Å². The van der Waals surface area contributed by atoms with Gasteiger partial charge in [0.25, 0.3) is 0 Å². The summed E-state index contributed by atoms with van der Waals surface area (Å²) in [7, 11) is 0. The molecule has 3 N–H and O–H groups in total. The average molecular weight is 181 g/mol. The number of carbonyl (C=O) groups excluding carboxylic acids is 1. The SMILES string of the molecule is CC1=CC(=NNC(N)=O)CC(C)C1. The van der Waals surface area contributed by atoms with Crippen LogP contribution in [0.2, 0.25) is 0 Å². The zero-order valence-electron chi connectivity index (χ0n) is 8.00. The maximum atomic E-state index is 10.4. The predicted molar refractivity (Wildman–Crippen MR) is 52.3 cm³/mol. The zero-order chi connectivity index (χ0) is 9.84. The molecule has 0 saturated heterocycles. The minimum Gasteiger partial charge on any atom is -0.350 e. The second-order valence-corrected chi connectivity index (χ2v) is 3.58. The van der Waals surface area contributed by atoms with E-state index in [0.29, 0.717) is 5.92 Å². The number of hydrogen-bond acceptors (Lipinski definition) is 2. The summed E-state index contributed by atoms with van der Waals surface area (Å²) < 4.78 is 0. The van der Waals surface area contributed by atoms with Crippen LogP contribution in [0.25, 0.3) is 0 Å². The summed E-state index contributed by atoms with van der Waals surface area (Å²) >= 11 is 0. The Morgan fingerprint density at radius 2 is 2.38 bits per heavy atom. The fraction of sp³-hybridized carbons (Fsp3) is 0.556. The van der Waals surface area contributed by atoms with Crippen molar-refractivity contribution in [2.45, 2.75) is 26.7 Å². The van der Waals surface area contributed by atoms with Crippen LogP contribution in [0.1, 0.15) is 26.7 Å². The molecule has 1 aliphatic rings. The third-order valence-electron chi connectivity index (χ3n) is 1.95. The topological polar surface area (TPSA) is 67.5 Å². The van der Waals surface area contributed by atoms with Crippen LogP contribution in [0, 0.1) is 5.92 Å². The van der Waals surface area contributed by atoms with Gasteiger partial charge in [0.05, 0.1) is 5.71 Å². The molecule has 0 saturated carbocycles. The van der Waals surface area contributed by atoms with E-state index in [9.17, 15) is 4.79 Å². The normalized spacial score (nSPS) is 25.5. The third-order valence-corrected chi connectivity index (χ3v) is 1.95. The fourth-order valence-electron chi connectivity index (χ4n) is 1.59. The van der Waals surface area contributed by atoms with Gasteiger partial charge in [-0.25, -0.2) is 10.2 Å². The van der Waals surface area contributed by atoms with Crippen molar-refractivity contribution >= 4 is 11.7 Å². The fourth-order valence-corrected chi connectivity index (χ4v) is 1.59. The van der Waals surface area contributed by atoms with Gasteiger partial charge >= 0.3 is 6.03 Å². The highest BCUT2D eigenvalue weighted by Crippen LogP contribution is 2.21. The first kappa shape index (κ1) is 9.77. The lowest BCUT2D eigenvalue weighted by atomic mass is 9.90. The Morgan fingerprint density at radius 3 is 2.92 bits per heavy atom. The molecule has 13 heavy (non-hydrogen) atoms. The van der Waals surface area contributed by atoms with Crippen LogP contribution in [0.4, 0.5) is 4.79 Å². The van der Waals surface area contributed by atoms with Gasteiger partial charge in [-0.05, 0) is 31.8 Å². The van der Waals surface area contributed by atoms with Gasteiger partial charge in [-0.2, -0.15) is 5.10 Å². The first-order chi connectivity index (χ1) is 6.08. The molecule has 0 fully saturated rings. The molecule has 0 radical (unpaired) electrons. The third kappa shape index (κ3) is 3.27. The molecule has 0 bridgehead atoms. The minimum atomic E-state index is -0.614. The molecule has 4 heteroatoms. The number of nitrogens with one attached hydrogen (secondary N) is 1. The molecule has 1 atom stereocenters. The lowest BCUT2D eigenvalue weighted by Crippen LogP contribution is -2.26. The Morgan fingerprint density at radius 1 is 1.69 bits per heavy atom. The van der Waals surface area contributed by atoms with E-state index >= 15 is 0 Å². The van der Waals surface area contributed by atoms with Crippen LogP contribution in [-0.2, 0) is 0 Å². The smallest absolute Gasteiger partial charge is 0.332 e. The number of urea groups is 1. The van der Waals surface area contributed by atoms with Gasteiger partial charge in [0, 0.05) is 0 Å². The number of amides is 2. The van der Waals surface area contributed by atoms with Crippen LogP contribution < -0.4 is 11.2 Å². The van der Waals surface area contributed by atoms with Crippen LogP contribution in [0.5, 0.6) is 0 Å². The average Bonchev–Trinajstić information content (AvgIpc) is 1.99. The summed E-state index contributed by atoms with van der Waals surface area (Å²) in [6, 6.07) is -0.614. The maximum Gasteiger partial charge on any atom is 0.332 e.